The number of hydrogen-bond acceptors (Lipinski definition) is 4. The van der Waals surface area contributed by atoms with Gasteiger partial charge in [0.05, 0.1) is 5.92 Å². The van der Waals surface area contributed by atoms with Crippen LogP contribution in [0.4, 0.5) is 11.4 Å². The standard InChI is InChI=1S/C18H26N4O2/c1-20(2)9-10-21-12-13(11-17(21)23)18(24)22-8-4-5-14-15(19)6-3-7-16(14)22/h3,6-7,13H,4-5,8-12,19H2,1-2H3. The van der Waals surface area contributed by atoms with Gasteiger partial charge in [-0.3, -0.25) is 9.59 Å². The van der Waals surface area contributed by atoms with Gasteiger partial charge in [-0.25, -0.2) is 0 Å². The molecule has 1 aromatic carbocycles. The molecule has 1 fully saturated rings. The van der Waals surface area contributed by atoms with Crippen LogP contribution in [0.5, 0.6) is 0 Å². The maximum Gasteiger partial charge on any atom is 0.232 e. The molecule has 0 aromatic heterocycles. The molecule has 0 spiro atoms. The number of fused-ring (bicyclic) bond motifs is 1. The van der Waals surface area contributed by atoms with Crippen molar-refractivity contribution in [3.63, 3.8) is 0 Å². The van der Waals surface area contributed by atoms with E-state index in [4.69, 9.17) is 5.73 Å². The first-order chi connectivity index (χ1) is 11.5. The van der Waals surface area contributed by atoms with Crippen molar-refractivity contribution in [2.45, 2.75) is 19.3 Å². The fourth-order valence-corrected chi connectivity index (χ4v) is 3.58. The number of anilines is 2. The Balaban J connectivity index is 1.72. The molecule has 2 heterocycles. The summed E-state index contributed by atoms with van der Waals surface area (Å²) in [5.41, 5.74) is 8.80. The zero-order valence-electron chi connectivity index (χ0n) is 14.5. The smallest absolute Gasteiger partial charge is 0.232 e. The molecule has 1 saturated heterocycles. The normalized spacial score (nSPS) is 20.6. The number of rotatable bonds is 4. The number of nitrogens with two attached hydrogens (primary N) is 1. The molecule has 2 aliphatic heterocycles. The van der Waals surface area contributed by atoms with Gasteiger partial charge in [-0.2, -0.15) is 0 Å². The second kappa shape index (κ2) is 6.81. The van der Waals surface area contributed by atoms with Crippen molar-refractivity contribution in [1.82, 2.24) is 9.80 Å². The van der Waals surface area contributed by atoms with Crippen LogP contribution in [-0.4, -0.2) is 61.9 Å². The van der Waals surface area contributed by atoms with E-state index >= 15 is 0 Å². The summed E-state index contributed by atoms with van der Waals surface area (Å²) in [7, 11) is 3.97. The molecule has 130 valence electrons. The minimum absolute atomic E-state index is 0.0576. The molecule has 2 amide bonds. The summed E-state index contributed by atoms with van der Waals surface area (Å²) in [6.07, 6.45) is 2.14. The summed E-state index contributed by atoms with van der Waals surface area (Å²) in [6, 6.07) is 5.74. The van der Waals surface area contributed by atoms with Gasteiger partial charge in [0, 0.05) is 44.0 Å². The first-order valence-corrected chi connectivity index (χ1v) is 8.58. The molecule has 2 aliphatic rings. The van der Waals surface area contributed by atoms with Gasteiger partial charge in [0.25, 0.3) is 0 Å². The second-order valence-electron chi connectivity index (χ2n) is 6.98. The van der Waals surface area contributed by atoms with E-state index < -0.39 is 0 Å². The average Bonchev–Trinajstić information content (AvgIpc) is 2.93. The highest BCUT2D eigenvalue weighted by Crippen LogP contribution is 2.33. The lowest BCUT2D eigenvalue weighted by atomic mass is 9.97. The highest BCUT2D eigenvalue weighted by Gasteiger charge is 2.37. The van der Waals surface area contributed by atoms with Crippen molar-refractivity contribution < 1.29 is 9.59 Å². The number of nitrogen functional groups attached to an aromatic ring is 1. The van der Waals surface area contributed by atoms with Crippen LogP contribution in [0.2, 0.25) is 0 Å². The van der Waals surface area contributed by atoms with Gasteiger partial charge in [-0.05, 0) is 44.6 Å². The molecule has 2 N–H and O–H groups in total. The monoisotopic (exact) mass is 330 g/mol. The van der Waals surface area contributed by atoms with E-state index in [1.165, 1.54) is 0 Å². The van der Waals surface area contributed by atoms with Crippen LogP contribution < -0.4 is 10.6 Å². The lowest BCUT2D eigenvalue weighted by molar-refractivity contribution is -0.128. The van der Waals surface area contributed by atoms with Crippen LogP contribution in [0.25, 0.3) is 0 Å². The van der Waals surface area contributed by atoms with Gasteiger partial charge in [-0.1, -0.05) is 6.07 Å². The zero-order valence-corrected chi connectivity index (χ0v) is 14.5. The quantitative estimate of drug-likeness (QED) is 0.835. The first-order valence-electron chi connectivity index (χ1n) is 8.58. The lowest BCUT2D eigenvalue weighted by Crippen LogP contribution is -2.41. The van der Waals surface area contributed by atoms with Crippen molar-refractivity contribution in [2.75, 3.05) is 50.9 Å². The van der Waals surface area contributed by atoms with E-state index in [0.29, 0.717) is 26.1 Å². The largest absolute Gasteiger partial charge is 0.398 e. The SMILES string of the molecule is CN(C)CCN1CC(C(=O)N2CCCc3c(N)cccc32)CC1=O. The van der Waals surface area contributed by atoms with E-state index in [-0.39, 0.29) is 17.7 Å². The van der Waals surface area contributed by atoms with Gasteiger partial charge in [0.1, 0.15) is 0 Å². The molecule has 0 radical (unpaired) electrons. The van der Waals surface area contributed by atoms with Gasteiger partial charge in [0.2, 0.25) is 11.8 Å². The third-order valence-corrected chi connectivity index (χ3v) is 4.93. The summed E-state index contributed by atoms with van der Waals surface area (Å²) < 4.78 is 0. The predicted octanol–water partition coefficient (Wildman–Crippen LogP) is 0.958. The molecular weight excluding hydrogens is 304 g/mol. The Bertz CT molecular complexity index is 644. The van der Waals surface area contributed by atoms with Gasteiger partial charge in [-0.15, -0.1) is 0 Å². The highest BCUT2D eigenvalue weighted by molar-refractivity contribution is 6.00. The summed E-state index contributed by atoms with van der Waals surface area (Å²) in [6.45, 7) is 2.73. The van der Waals surface area contributed by atoms with Gasteiger partial charge in [0.15, 0.2) is 0 Å². The molecule has 6 nitrogen and oxygen atoms in total. The molecule has 24 heavy (non-hydrogen) atoms. The molecular formula is C18H26N4O2. The predicted molar refractivity (Wildman–Crippen MR) is 94.8 cm³/mol. The average molecular weight is 330 g/mol. The molecule has 1 unspecified atom stereocenters. The summed E-state index contributed by atoms with van der Waals surface area (Å²) in [5.74, 6) is -0.102. The number of likely N-dealkylation sites (N-methyl/N-ethyl adjacent to an activating group) is 1. The first kappa shape index (κ1) is 16.8. The third kappa shape index (κ3) is 3.24. The minimum atomic E-state index is -0.243. The van der Waals surface area contributed by atoms with Crippen LogP contribution in [0.3, 0.4) is 0 Å². The Labute approximate surface area is 143 Å². The van der Waals surface area contributed by atoms with Crippen LogP contribution in [0, 0.1) is 5.92 Å². The molecule has 0 bridgehead atoms. The molecule has 0 saturated carbocycles. The Morgan fingerprint density at radius 2 is 2.17 bits per heavy atom. The number of likely N-dealkylation sites (tertiary alicyclic amines) is 1. The number of hydrogen-bond donors (Lipinski definition) is 1. The van der Waals surface area contributed by atoms with E-state index in [0.717, 1.165) is 36.3 Å². The Morgan fingerprint density at radius 3 is 2.92 bits per heavy atom. The summed E-state index contributed by atoms with van der Waals surface area (Å²) in [5, 5.41) is 0. The second-order valence-corrected chi connectivity index (χ2v) is 6.98. The van der Waals surface area contributed by atoms with Crippen molar-refractivity contribution in [1.29, 1.82) is 0 Å². The van der Waals surface area contributed by atoms with Crippen LogP contribution in [0.15, 0.2) is 18.2 Å². The molecule has 1 aromatic rings. The van der Waals surface area contributed by atoms with Crippen LogP contribution >= 0.6 is 0 Å². The third-order valence-electron chi connectivity index (χ3n) is 4.93. The van der Waals surface area contributed by atoms with Gasteiger partial charge < -0.3 is 20.4 Å². The van der Waals surface area contributed by atoms with Crippen molar-refractivity contribution in [3.8, 4) is 0 Å². The van der Waals surface area contributed by atoms with Crippen LogP contribution in [0.1, 0.15) is 18.4 Å². The summed E-state index contributed by atoms with van der Waals surface area (Å²) in [4.78, 5) is 30.9. The Morgan fingerprint density at radius 1 is 1.38 bits per heavy atom. The topological polar surface area (TPSA) is 69.9 Å². The van der Waals surface area contributed by atoms with Crippen molar-refractivity contribution >= 4 is 23.2 Å². The van der Waals surface area contributed by atoms with Gasteiger partial charge >= 0.3 is 0 Å². The van der Waals surface area contributed by atoms with E-state index in [2.05, 4.69) is 0 Å². The molecule has 3 rings (SSSR count). The number of nitrogens with zero attached hydrogens (tertiary/aromatic N) is 3. The number of carbonyl (C=O) groups excluding carboxylic acids is 2. The molecule has 0 aliphatic carbocycles. The highest BCUT2D eigenvalue weighted by atomic mass is 16.2. The van der Waals surface area contributed by atoms with Crippen molar-refractivity contribution in [3.05, 3.63) is 23.8 Å². The molecule has 1 atom stereocenters. The maximum absolute atomic E-state index is 13.0. The minimum Gasteiger partial charge on any atom is -0.398 e. The zero-order chi connectivity index (χ0) is 17.3. The number of benzene rings is 1. The number of carbonyl (C=O) groups is 2. The van der Waals surface area contributed by atoms with E-state index in [9.17, 15) is 9.59 Å². The Kier molecular flexibility index (Phi) is 4.76. The van der Waals surface area contributed by atoms with Crippen molar-refractivity contribution in [2.24, 2.45) is 5.92 Å². The fraction of sp³-hybridized carbons (Fsp3) is 0.556. The van der Waals surface area contributed by atoms with E-state index in [1.807, 2.05) is 47.0 Å². The summed E-state index contributed by atoms with van der Waals surface area (Å²) >= 11 is 0. The Hall–Kier alpha value is -2.08. The molecule has 6 heteroatoms. The number of amides is 2. The van der Waals surface area contributed by atoms with Crippen LogP contribution in [-0.2, 0) is 16.0 Å². The lowest BCUT2D eigenvalue weighted by Gasteiger charge is -2.32. The maximum atomic E-state index is 13.0. The van der Waals surface area contributed by atoms with E-state index in [1.54, 1.807) is 0 Å². The fourth-order valence-electron chi connectivity index (χ4n) is 3.58.